The third-order valence-electron chi connectivity index (χ3n) is 2.76. The van der Waals surface area contributed by atoms with Gasteiger partial charge in [0.25, 0.3) is 5.79 Å². The molecule has 0 aliphatic carbocycles. The van der Waals surface area contributed by atoms with Crippen molar-refractivity contribution in [1.82, 2.24) is 5.32 Å². The molecule has 1 rings (SSSR count). The quantitative estimate of drug-likeness (QED) is 0.612. The lowest BCUT2D eigenvalue weighted by molar-refractivity contribution is -0.238. The summed E-state index contributed by atoms with van der Waals surface area (Å²) in [6.07, 6.45) is -0.915. The van der Waals surface area contributed by atoms with E-state index in [1.807, 2.05) is 0 Å². The van der Waals surface area contributed by atoms with Crippen molar-refractivity contribution in [3.63, 3.8) is 0 Å². The third kappa shape index (κ3) is 5.88. The molecule has 0 spiro atoms. The molecule has 1 amide bonds. The van der Waals surface area contributed by atoms with Crippen LogP contribution in [0.1, 0.15) is 48.0 Å². The van der Waals surface area contributed by atoms with Crippen LogP contribution >= 0.6 is 0 Å². The largest absolute Gasteiger partial charge is 0.444 e. The molecule has 0 aromatic rings. The Kier molecular flexibility index (Phi) is 5.39. The van der Waals surface area contributed by atoms with E-state index in [0.717, 1.165) is 0 Å². The molecular weight excluding hydrogens is 306 g/mol. The van der Waals surface area contributed by atoms with E-state index in [0.29, 0.717) is 0 Å². The first-order valence-corrected chi connectivity index (χ1v) is 7.29. The molecule has 0 radical (unpaired) electrons. The molecule has 8 heteroatoms. The third-order valence-corrected chi connectivity index (χ3v) is 2.76. The Morgan fingerprint density at radius 3 is 2.13 bits per heavy atom. The first-order chi connectivity index (χ1) is 10.3. The van der Waals surface area contributed by atoms with Gasteiger partial charge in [0.05, 0.1) is 0 Å². The monoisotopic (exact) mass is 329 g/mol. The van der Waals surface area contributed by atoms with Gasteiger partial charge in [-0.1, -0.05) is 0 Å². The summed E-state index contributed by atoms with van der Waals surface area (Å²) in [6, 6.07) is -0.618. The van der Waals surface area contributed by atoms with Gasteiger partial charge in [0.15, 0.2) is 5.78 Å². The fourth-order valence-electron chi connectivity index (χ4n) is 1.96. The van der Waals surface area contributed by atoms with Crippen LogP contribution in [0.4, 0.5) is 4.79 Å². The predicted molar refractivity (Wildman–Crippen MR) is 78.2 cm³/mol. The van der Waals surface area contributed by atoms with Gasteiger partial charge in [-0.05, 0) is 27.7 Å². The molecule has 1 fully saturated rings. The van der Waals surface area contributed by atoms with Gasteiger partial charge in [-0.15, -0.1) is 0 Å². The zero-order valence-corrected chi connectivity index (χ0v) is 14.2. The molecule has 0 aromatic carbocycles. The standard InChI is InChI=1S/C15H23NO7/c1-8(16-13(20)23-14(2,3)4)7-9(17)10-11(18)21-15(5,6)22-12(10)19/h8,10H,7H2,1-6H3,(H,16,20). The molecule has 1 unspecified atom stereocenters. The number of cyclic esters (lactones) is 2. The Morgan fingerprint density at radius 2 is 1.70 bits per heavy atom. The molecule has 1 atom stereocenters. The number of carbonyl (C=O) groups excluding carboxylic acids is 4. The molecule has 1 heterocycles. The minimum absolute atomic E-state index is 0.228. The number of esters is 2. The summed E-state index contributed by atoms with van der Waals surface area (Å²) in [6.45, 7) is 9.48. The van der Waals surface area contributed by atoms with Crippen molar-refractivity contribution in [1.29, 1.82) is 0 Å². The smallest absolute Gasteiger partial charge is 0.407 e. The number of hydrogen-bond acceptors (Lipinski definition) is 7. The summed E-state index contributed by atoms with van der Waals surface area (Å²) in [5, 5.41) is 2.47. The molecule has 0 bridgehead atoms. The van der Waals surface area contributed by atoms with E-state index < -0.39 is 47.2 Å². The van der Waals surface area contributed by atoms with Crippen LogP contribution in [0.3, 0.4) is 0 Å². The highest BCUT2D eigenvalue weighted by molar-refractivity contribution is 6.16. The summed E-state index contributed by atoms with van der Waals surface area (Å²) < 4.78 is 14.8. The van der Waals surface area contributed by atoms with Crippen molar-refractivity contribution >= 4 is 23.8 Å². The van der Waals surface area contributed by atoms with Gasteiger partial charge in [-0.2, -0.15) is 0 Å². The molecular formula is C15H23NO7. The van der Waals surface area contributed by atoms with E-state index >= 15 is 0 Å². The number of carbonyl (C=O) groups is 4. The number of Topliss-reactive ketones (excluding diaryl/α,β-unsaturated/α-hetero) is 1. The maximum atomic E-state index is 12.1. The number of nitrogens with one attached hydrogen (secondary N) is 1. The van der Waals surface area contributed by atoms with Crippen LogP contribution in [0.25, 0.3) is 0 Å². The molecule has 23 heavy (non-hydrogen) atoms. The molecule has 130 valence electrons. The van der Waals surface area contributed by atoms with Gasteiger partial charge >= 0.3 is 18.0 Å². The van der Waals surface area contributed by atoms with Crippen molar-refractivity contribution in [3.8, 4) is 0 Å². The van der Waals surface area contributed by atoms with Crippen LogP contribution in [0.15, 0.2) is 0 Å². The van der Waals surface area contributed by atoms with Gasteiger partial charge in [0.2, 0.25) is 5.92 Å². The van der Waals surface area contributed by atoms with Crippen LogP contribution in [-0.4, -0.2) is 41.2 Å². The van der Waals surface area contributed by atoms with E-state index in [9.17, 15) is 19.2 Å². The maximum Gasteiger partial charge on any atom is 0.407 e. The summed E-state index contributed by atoms with van der Waals surface area (Å²) >= 11 is 0. The van der Waals surface area contributed by atoms with E-state index in [4.69, 9.17) is 14.2 Å². The molecule has 1 aliphatic heterocycles. The van der Waals surface area contributed by atoms with E-state index in [2.05, 4.69) is 5.32 Å². The number of hydrogen-bond donors (Lipinski definition) is 1. The van der Waals surface area contributed by atoms with Crippen LogP contribution in [0.5, 0.6) is 0 Å². The zero-order valence-electron chi connectivity index (χ0n) is 14.2. The van der Waals surface area contributed by atoms with Gasteiger partial charge in [0, 0.05) is 26.3 Å². The first kappa shape index (κ1) is 18.9. The molecule has 8 nitrogen and oxygen atoms in total. The number of alkyl carbamates (subject to hydrolysis) is 1. The number of amides is 1. The first-order valence-electron chi connectivity index (χ1n) is 7.29. The van der Waals surface area contributed by atoms with Gasteiger partial charge < -0.3 is 19.5 Å². The minimum Gasteiger partial charge on any atom is -0.444 e. The van der Waals surface area contributed by atoms with E-state index in [1.54, 1.807) is 27.7 Å². The summed E-state index contributed by atoms with van der Waals surface area (Å²) in [4.78, 5) is 47.3. The topological polar surface area (TPSA) is 108 Å². The highest BCUT2D eigenvalue weighted by atomic mass is 16.7. The predicted octanol–water partition coefficient (Wildman–Crippen LogP) is 1.31. The van der Waals surface area contributed by atoms with E-state index in [-0.39, 0.29) is 6.42 Å². The van der Waals surface area contributed by atoms with E-state index in [1.165, 1.54) is 13.8 Å². The summed E-state index contributed by atoms with van der Waals surface area (Å²) in [5.41, 5.74) is -0.670. The second-order valence-electron chi connectivity index (χ2n) is 6.89. The van der Waals surface area contributed by atoms with Crippen molar-refractivity contribution in [2.24, 2.45) is 5.92 Å². The van der Waals surface area contributed by atoms with Gasteiger partial charge in [-0.25, -0.2) is 4.79 Å². The summed E-state index contributed by atoms with van der Waals surface area (Å²) in [5.74, 6) is -5.57. The zero-order chi connectivity index (χ0) is 18.0. The lowest BCUT2D eigenvalue weighted by atomic mass is 9.97. The molecule has 1 N–H and O–H groups in total. The van der Waals surface area contributed by atoms with Crippen LogP contribution in [0.2, 0.25) is 0 Å². The molecule has 0 aromatic heterocycles. The van der Waals surface area contributed by atoms with Crippen molar-refractivity contribution in [3.05, 3.63) is 0 Å². The van der Waals surface area contributed by atoms with Crippen LogP contribution in [0, 0.1) is 5.92 Å². The Balaban J connectivity index is 2.60. The minimum atomic E-state index is -1.62. The maximum absolute atomic E-state index is 12.1. The lowest BCUT2D eigenvalue weighted by Gasteiger charge is -2.32. The highest BCUT2D eigenvalue weighted by Crippen LogP contribution is 2.24. The second-order valence-corrected chi connectivity index (χ2v) is 6.89. The number of rotatable bonds is 4. The summed E-state index contributed by atoms with van der Waals surface area (Å²) in [7, 11) is 0. The Labute approximate surface area is 134 Å². The number of ether oxygens (including phenoxy) is 3. The van der Waals surface area contributed by atoms with Crippen LogP contribution in [-0.2, 0) is 28.6 Å². The highest BCUT2D eigenvalue weighted by Gasteiger charge is 2.47. The molecule has 1 saturated heterocycles. The average Bonchev–Trinajstić information content (AvgIpc) is 2.21. The molecule has 1 aliphatic rings. The average molecular weight is 329 g/mol. The Hall–Kier alpha value is -2.12. The second kappa shape index (κ2) is 6.55. The van der Waals surface area contributed by atoms with Crippen molar-refractivity contribution in [2.75, 3.05) is 0 Å². The van der Waals surface area contributed by atoms with Crippen molar-refractivity contribution < 1.29 is 33.4 Å². The fourth-order valence-corrected chi connectivity index (χ4v) is 1.96. The van der Waals surface area contributed by atoms with Gasteiger partial charge in [0.1, 0.15) is 5.60 Å². The molecule has 0 saturated carbocycles. The van der Waals surface area contributed by atoms with Gasteiger partial charge in [-0.3, -0.25) is 14.4 Å². The van der Waals surface area contributed by atoms with Crippen LogP contribution < -0.4 is 5.32 Å². The van der Waals surface area contributed by atoms with Crippen molar-refractivity contribution in [2.45, 2.75) is 65.4 Å². The Bertz CT molecular complexity index is 498. The number of ketones is 1. The Morgan fingerprint density at radius 1 is 1.22 bits per heavy atom. The SMILES string of the molecule is CC(CC(=O)C1C(=O)OC(C)(C)OC1=O)NC(=O)OC(C)(C)C. The fraction of sp³-hybridized carbons (Fsp3) is 0.733. The lowest BCUT2D eigenvalue weighted by Crippen LogP contribution is -2.50. The normalized spacial score (nSPS) is 19.4.